The molecule has 3 N–H and O–H groups in total. The van der Waals surface area contributed by atoms with Crippen LogP contribution >= 0.6 is 0 Å². The second-order valence-corrected chi connectivity index (χ2v) is 5.10. The van der Waals surface area contributed by atoms with Crippen LogP contribution < -0.4 is 5.32 Å². The number of benzene rings is 2. The van der Waals surface area contributed by atoms with Crippen LogP contribution in [0.1, 0.15) is 21.5 Å². The number of aryl methyl sites for hydroxylation is 1. The lowest BCUT2D eigenvalue weighted by molar-refractivity contribution is -0.139. The Morgan fingerprint density at radius 2 is 1.82 bits per heavy atom. The first-order chi connectivity index (χ1) is 10.5. The molecule has 0 heterocycles. The predicted molar refractivity (Wildman–Crippen MR) is 81.9 cm³/mol. The molecule has 0 fully saturated rings. The van der Waals surface area contributed by atoms with Crippen molar-refractivity contribution in [2.24, 2.45) is 0 Å². The quantitative estimate of drug-likeness (QED) is 0.789. The van der Waals surface area contributed by atoms with Crippen molar-refractivity contribution in [3.8, 4) is 5.75 Å². The maximum atomic E-state index is 12.1. The molecule has 0 aliphatic heterocycles. The third kappa shape index (κ3) is 4.09. The lowest BCUT2D eigenvalue weighted by Gasteiger charge is -2.15. The smallest absolute Gasteiger partial charge is 0.326 e. The number of amides is 1. The van der Waals surface area contributed by atoms with Gasteiger partial charge in [-0.25, -0.2) is 4.79 Å². The zero-order valence-electron chi connectivity index (χ0n) is 12.1. The van der Waals surface area contributed by atoms with E-state index in [1.54, 1.807) is 30.3 Å². The maximum absolute atomic E-state index is 12.1. The van der Waals surface area contributed by atoms with Gasteiger partial charge in [0, 0.05) is 12.0 Å². The van der Waals surface area contributed by atoms with Gasteiger partial charge in [0.2, 0.25) is 0 Å². The van der Waals surface area contributed by atoms with Crippen molar-refractivity contribution in [2.45, 2.75) is 19.4 Å². The summed E-state index contributed by atoms with van der Waals surface area (Å²) in [6.45, 7) is 1.86. The van der Waals surface area contributed by atoms with Crippen molar-refractivity contribution in [2.75, 3.05) is 0 Å². The van der Waals surface area contributed by atoms with Crippen molar-refractivity contribution in [3.63, 3.8) is 0 Å². The molecule has 0 spiro atoms. The molecule has 0 aliphatic rings. The Morgan fingerprint density at radius 3 is 2.41 bits per heavy atom. The highest BCUT2D eigenvalue weighted by molar-refractivity contribution is 5.96. The first kappa shape index (κ1) is 15.6. The number of aromatic hydroxyl groups is 1. The van der Waals surface area contributed by atoms with Gasteiger partial charge < -0.3 is 15.5 Å². The van der Waals surface area contributed by atoms with E-state index in [4.69, 9.17) is 0 Å². The SMILES string of the molecule is Cc1cccc(C(=O)NC(Cc2ccc(O)cc2)C(=O)O)c1. The normalized spacial score (nSPS) is 11.7. The predicted octanol–water partition coefficient (Wildman–Crippen LogP) is 2.13. The van der Waals surface area contributed by atoms with Gasteiger partial charge in [0.25, 0.3) is 5.91 Å². The Balaban J connectivity index is 2.10. The Kier molecular flexibility index (Phi) is 4.78. The molecule has 1 unspecified atom stereocenters. The van der Waals surface area contributed by atoms with Gasteiger partial charge >= 0.3 is 5.97 Å². The van der Waals surface area contributed by atoms with E-state index in [1.165, 1.54) is 12.1 Å². The minimum Gasteiger partial charge on any atom is -0.508 e. The molecular weight excluding hydrogens is 282 g/mol. The first-order valence-electron chi connectivity index (χ1n) is 6.84. The molecule has 2 aromatic carbocycles. The van der Waals surface area contributed by atoms with Crippen LogP contribution in [0.4, 0.5) is 0 Å². The highest BCUT2D eigenvalue weighted by Gasteiger charge is 2.21. The van der Waals surface area contributed by atoms with Gasteiger partial charge in [-0.2, -0.15) is 0 Å². The average Bonchev–Trinajstić information content (AvgIpc) is 2.48. The van der Waals surface area contributed by atoms with E-state index in [-0.39, 0.29) is 12.2 Å². The lowest BCUT2D eigenvalue weighted by Crippen LogP contribution is -2.42. The van der Waals surface area contributed by atoms with Gasteiger partial charge in [-0.1, -0.05) is 29.8 Å². The van der Waals surface area contributed by atoms with Crippen LogP contribution in [0.5, 0.6) is 5.75 Å². The third-order valence-corrected chi connectivity index (χ3v) is 3.26. The highest BCUT2D eigenvalue weighted by Crippen LogP contribution is 2.12. The minimum atomic E-state index is -1.10. The molecule has 114 valence electrons. The fraction of sp³-hybridized carbons (Fsp3) is 0.176. The van der Waals surface area contributed by atoms with Crippen LogP contribution in [0.3, 0.4) is 0 Å². The van der Waals surface area contributed by atoms with Crippen LogP contribution in [0.2, 0.25) is 0 Å². The van der Waals surface area contributed by atoms with Crippen molar-refractivity contribution in [1.29, 1.82) is 0 Å². The number of carboxylic acid groups (broad SMARTS) is 1. The number of rotatable bonds is 5. The molecule has 5 heteroatoms. The average molecular weight is 299 g/mol. The van der Waals surface area contributed by atoms with Gasteiger partial charge in [-0.05, 0) is 36.8 Å². The number of carboxylic acids is 1. The molecular formula is C17H17NO4. The molecule has 2 aromatic rings. The second-order valence-electron chi connectivity index (χ2n) is 5.10. The van der Waals surface area contributed by atoms with Crippen LogP contribution in [-0.2, 0) is 11.2 Å². The Bertz CT molecular complexity index is 679. The molecule has 0 radical (unpaired) electrons. The summed E-state index contributed by atoms with van der Waals surface area (Å²) in [5.74, 6) is -1.41. The topological polar surface area (TPSA) is 86.6 Å². The summed E-state index contributed by atoms with van der Waals surface area (Å²) in [5.41, 5.74) is 2.07. The van der Waals surface area contributed by atoms with E-state index in [0.29, 0.717) is 5.56 Å². The zero-order chi connectivity index (χ0) is 16.1. The zero-order valence-corrected chi connectivity index (χ0v) is 12.1. The van der Waals surface area contributed by atoms with E-state index < -0.39 is 17.9 Å². The molecule has 1 amide bonds. The molecule has 0 bridgehead atoms. The number of hydrogen-bond donors (Lipinski definition) is 3. The number of phenolic OH excluding ortho intramolecular Hbond substituents is 1. The molecule has 0 aromatic heterocycles. The molecule has 1 atom stereocenters. The Hall–Kier alpha value is -2.82. The fourth-order valence-corrected chi connectivity index (χ4v) is 2.10. The standard InChI is InChI=1S/C17H17NO4/c1-11-3-2-4-13(9-11)16(20)18-15(17(21)22)10-12-5-7-14(19)8-6-12/h2-9,15,19H,10H2,1H3,(H,18,20)(H,21,22). The minimum absolute atomic E-state index is 0.111. The van der Waals surface area contributed by atoms with Crippen molar-refractivity contribution < 1.29 is 19.8 Å². The van der Waals surface area contributed by atoms with Gasteiger partial charge in [-0.15, -0.1) is 0 Å². The van der Waals surface area contributed by atoms with Crippen LogP contribution in [0.15, 0.2) is 48.5 Å². The highest BCUT2D eigenvalue weighted by atomic mass is 16.4. The number of carbonyl (C=O) groups is 2. The Morgan fingerprint density at radius 1 is 1.14 bits per heavy atom. The monoisotopic (exact) mass is 299 g/mol. The summed E-state index contributed by atoms with van der Waals surface area (Å²) < 4.78 is 0. The van der Waals surface area contributed by atoms with E-state index in [0.717, 1.165) is 11.1 Å². The van der Waals surface area contributed by atoms with Crippen molar-refractivity contribution >= 4 is 11.9 Å². The molecule has 0 saturated carbocycles. The van der Waals surface area contributed by atoms with E-state index in [9.17, 15) is 19.8 Å². The third-order valence-electron chi connectivity index (χ3n) is 3.26. The fourth-order valence-electron chi connectivity index (χ4n) is 2.10. The summed E-state index contributed by atoms with van der Waals surface area (Å²) >= 11 is 0. The molecule has 0 aliphatic carbocycles. The lowest BCUT2D eigenvalue weighted by atomic mass is 10.0. The van der Waals surface area contributed by atoms with Gasteiger partial charge in [0.15, 0.2) is 0 Å². The van der Waals surface area contributed by atoms with Crippen molar-refractivity contribution in [1.82, 2.24) is 5.32 Å². The number of phenols is 1. The molecule has 2 rings (SSSR count). The van der Waals surface area contributed by atoms with E-state index in [1.807, 2.05) is 13.0 Å². The summed E-state index contributed by atoms with van der Waals surface area (Å²) in [5, 5.41) is 21.0. The summed E-state index contributed by atoms with van der Waals surface area (Å²) in [6, 6.07) is 12.2. The number of nitrogens with one attached hydrogen (secondary N) is 1. The summed E-state index contributed by atoms with van der Waals surface area (Å²) in [6.07, 6.45) is 0.146. The Labute approximate surface area is 128 Å². The van der Waals surface area contributed by atoms with Crippen LogP contribution in [0, 0.1) is 6.92 Å². The van der Waals surface area contributed by atoms with E-state index in [2.05, 4.69) is 5.32 Å². The maximum Gasteiger partial charge on any atom is 0.326 e. The van der Waals surface area contributed by atoms with Crippen molar-refractivity contribution in [3.05, 3.63) is 65.2 Å². The van der Waals surface area contributed by atoms with Gasteiger partial charge in [0.1, 0.15) is 11.8 Å². The summed E-state index contributed by atoms with van der Waals surface area (Å²) in [4.78, 5) is 23.5. The number of aliphatic carboxylic acids is 1. The second kappa shape index (κ2) is 6.76. The van der Waals surface area contributed by atoms with Gasteiger partial charge in [0.05, 0.1) is 0 Å². The largest absolute Gasteiger partial charge is 0.508 e. The van der Waals surface area contributed by atoms with Gasteiger partial charge in [-0.3, -0.25) is 4.79 Å². The first-order valence-corrected chi connectivity index (χ1v) is 6.84. The van der Waals surface area contributed by atoms with Crippen LogP contribution in [-0.4, -0.2) is 28.1 Å². The number of carbonyl (C=O) groups excluding carboxylic acids is 1. The molecule has 5 nitrogen and oxygen atoms in total. The summed E-state index contributed by atoms with van der Waals surface area (Å²) in [7, 11) is 0. The number of hydrogen-bond acceptors (Lipinski definition) is 3. The van der Waals surface area contributed by atoms with E-state index >= 15 is 0 Å². The molecule has 22 heavy (non-hydrogen) atoms. The van der Waals surface area contributed by atoms with Crippen LogP contribution in [0.25, 0.3) is 0 Å². The molecule has 0 saturated heterocycles.